The predicted octanol–water partition coefficient (Wildman–Crippen LogP) is 10.3. The molecule has 2 aliphatic carbocycles. The van der Waals surface area contributed by atoms with Crippen LogP contribution in [0.3, 0.4) is 0 Å². The van der Waals surface area contributed by atoms with Crippen molar-refractivity contribution in [2.45, 2.75) is 121 Å². The van der Waals surface area contributed by atoms with Crippen LogP contribution in [0.5, 0.6) is 0 Å². The summed E-state index contributed by atoms with van der Waals surface area (Å²) in [7, 11) is 0. The molecule has 30 heavy (non-hydrogen) atoms. The van der Waals surface area contributed by atoms with E-state index in [9.17, 15) is 0 Å². The van der Waals surface area contributed by atoms with Crippen LogP contribution in [-0.2, 0) is 0 Å². The molecule has 2 aliphatic rings. The van der Waals surface area contributed by atoms with E-state index >= 15 is 0 Å². The molecule has 2 saturated carbocycles. The molecule has 0 aromatic heterocycles. The smallest absolute Gasteiger partial charge is 0.0187 e. The van der Waals surface area contributed by atoms with Crippen molar-refractivity contribution in [2.24, 2.45) is 39.9 Å². The van der Waals surface area contributed by atoms with Crippen LogP contribution >= 0.6 is 11.8 Å². The summed E-state index contributed by atoms with van der Waals surface area (Å²) in [5, 5.41) is 0. The lowest BCUT2D eigenvalue weighted by Gasteiger charge is -2.50. The van der Waals surface area contributed by atoms with Gasteiger partial charge in [-0.15, -0.1) is 0 Å². The number of allylic oxidation sites excluding steroid dienone is 1. The Morgan fingerprint density at radius 2 is 1.50 bits per heavy atom. The molecular formula is C29H58S. The molecule has 2 rings (SSSR count). The molecule has 0 heterocycles. The van der Waals surface area contributed by atoms with Crippen LogP contribution in [0, 0.1) is 39.9 Å². The normalized spacial score (nSPS) is 42.1. The minimum absolute atomic E-state index is 0.467. The lowest BCUT2D eigenvalue weighted by atomic mass is 9.55. The largest absolute Gasteiger partial charge is 0.169 e. The van der Waals surface area contributed by atoms with Gasteiger partial charge >= 0.3 is 0 Å². The van der Waals surface area contributed by atoms with Gasteiger partial charge in [-0.1, -0.05) is 87.8 Å². The maximum Gasteiger partial charge on any atom is -0.0187 e. The first-order valence-corrected chi connectivity index (χ1v) is 14.6. The summed E-state index contributed by atoms with van der Waals surface area (Å²) in [6.07, 6.45) is 14.9. The van der Waals surface area contributed by atoms with Gasteiger partial charge < -0.3 is 0 Å². The molecule has 0 radical (unpaired) electrons. The quantitative estimate of drug-likeness (QED) is 0.386. The van der Waals surface area contributed by atoms with Crippen LogP contribution in [0.25, 0.3) is 0 Å². The van der Waals surface area contributed by atoms with Crippen LogP contribution in [0.15, 0.2) is 12.2 Å². The second-order valence-electron chi connectivity index (χ2n) is 11.4. The average molecular weight is 439 g/mol. The molecule has 0 aromatic carbocycles. The predicted molar refractivity (Wildman–Crippen MR) is 144 cm³/mol. The molecule has 0 saturated heterocycles. The van der Waals surface area contributed by atoms with Gasteiger partial charge in [-0.05, 0) is 97.4 Å². The van der Waals surface area contributed by atoms with Crippen LogP contribution in [0.4, 0.5) is 0 Å². The fraction of sp³-hybridized carbons (Fsp3) is 0.931. The second kappa shape index (κ2) is 13.0. The summed E-state index contributed by atoms with van der Waals surface area (Å²) in [4.78, 5) is 0. The monoisotopic (exact) mass is 438 g/mol. The number of thioether (sulfide) groups is 1. The van der Waals surface area contributed by atoms with E-state index in [1.165, 1.54) is 56.9 Å². The molecule has 0 amide bonds. The van der Waals surface area contributed by atoms with Gasteiger partial charge in [-0.25, -0.2) is 0 Å². The standard InChI is InChI=1S/C25H46.C2H6S.C2H6/c1-10-24(9)15-18(3)14-20(5)19(4)12-13-23(8)16-21(6)25(11-2,17-23)22(24)7;1-3-2;1-2/h18,20-22H,4,10-17H2,1-3,5-9H3;1-2H3;1-2H3/t18-,20?,21?,22+,23?,24?,25?;;/m0../s1. The van der Waals surface area contributed by atoms with Crippen molar-refractivity contribution in [1.82, 2.24) is 0 Å². The highest BCUT2D eigenvalue weighted by atomic mass is 32.2. The summed E-state index contributed by atoms with van der Waals surface area (Å²) >= 11 is 1.75. The summed E-state index contributed by atoms with van der Waals surface area (Å²) in [5.74, 6) is 3.15. The van der Waals surface area contributed by atoms with Gasteiger partial charge in [0.05, 0.1) is 0 Å². The molecule has 1 heteroatoms. The highest BCUT2D eigenvalue weighted by molar-refractivity contribution is 7.97. The van der Waals surface area contributed by atoms with Crippen molar-refractivity contribution in [3.63, 3.8) is 0 Å². The van der Waals surface area contributed by atoms with E-state index in [0.29, 0.717) is 22.2 Å². The van der Waals surface area contributed by atoms with Crippen molar-refractivity contribution >= 4 is 11.8 Å². The van der Waals surface area contributed by atoms with Crippen molar-refractivity contribution in [3.8, 4) is 0 Å². The highest BCUT2D eigenvalue weighted by Gasteiger charge is 2.55. The van der Waals surface area contributed by atoms with Crippen LogP contribution in [0.2, 0.25) is 0 Å². The van der Waals surface area contributed by atoms with Crippen molar-refractivity contribution in [2.75, 3.05) is 12.5 Å². The third-order valence-electron chi connectivity index (χ3n) is 9.23. The Morgan fingerprint density at radius 3 is 1.97 bits per heavy atom. The summed E-state index contributed by atoms with van der Waals surface area (Å²) < 4.78 is 0. The van der Waals surface area contributed by atoms with Gasteiger partial charge in [0.2, 0.25) is 0 Å². The molecule has 5 unspecified atom stereocenters. The van der Waals surface area contributed by atoms with Gasteiger partial charge in [0.15, 0.2) is 0 Å². The molecule has 0 aromatic rings. The molecule has 2 bridgehead atoms. The van der Waals surface area contributed by atoms with Crippen LogP contribution in [-0.4, -0.2) is 12.5 Å². The SMILES string of the molecule is C=C1CCC2(C)CC(C)C(CC)(C2)[C@H](C)C(C)(CC)C[C@@H](C)CC1C.CC.CSC. The number of rotatable bonds is 2. The van der Waals surface area contributed by atoms with Gasteiger partial charge in [-0.3, -0.25) is 0 Å². The molecule has 2 fully saturated rings. The fourth-order valence-corrected chi connectivity index (χ4v) is 7.21. The zero-order chi connectivity index (χ0) is 23.8. The zero-order valence-electron chi connectivity index (χ0n) is 23.1. The Balaban J connectivity index is 0.00000154. The van der Waals surface area contributed by atoms with Crippen LogP contribution < -0.4 is 0 Å². The first kappa shape index (κ1) is 30.1. The van der Waals surface area contributed by atoms with Crippen molar-refractivity contribution < 1.29 is 0 Å². The van der Waals surface area contributed by atoms with E-state index in [-0.39, 0.29) is 0 Å². The van der Waals surface area contributed by atoms with E-state index in [2.05, 4.69) is 62.0 Å². The molecule has 180 valence electrons. The summed E-state index contributed by atoms with van der Waals surface area (Å²) in [6.45, 7) is 28.7. The Hall–Kier alpha value is 0.0900. The number of fused-ring (bicyclic) bond motifs is 2. The molecular weight excluding hydrogens is 380 g/mol. The summed E-state index contributed by atoms with van der Waals surface area (Å²) in [6, 6.07) is 0. The van der Waals surface area contributed by atoms with Gasteiger partial charge in [0.25, 0.3) is 0 Å². The molecule has 0 N–H and O–H groups in total. The number of hydrogen-bond acceptors (Lipinski definition) is 1. The minimum Gasteiger partial charge on any atom is -0.169 e. The number of hydrogen-bond donors (Lipinski definition) is 0. The highest BCUT2D eigenvalue weighted by Crippen LogP contribution is 2.64. The van der Waals surface area contributed by atoms with E-state index in [0.717, 1.165) is 17.8 Å². The first-order chi connectivity index (χ1) is 13.9. The third-order valence-corrected chi connectivity index (χ3v) is 9.23. The maximum absolute atomic E-state index is 4.50. The van der Waals surface area contributed by atoms with Gasteiger partial charge in [0.1, 0.15) is 0 Å². The third kappa shape index (κ3) is 7.05. The summed E-state index contributed by atoms with van der Waals surface area (Å²) in [5.41, 5.74) is 3.04. The lowest BCUT2D eigenvalue weighted by Crippen LogP contribution is -2.42. The van der Waals surface area contributed by atoms with Gasteiger partial charge in [0, 0.05) is 0 Å². The fourth-order valence-electron chi connectivity index (χ4n) is 7.21. The minimum atomic E-state index is 0.467. The maximum atomic E-state index is 4.50. The Kier molecular flexibility index (Phi) is 13.0. The van der Waals surface area contributed by atoms with E-state index in [4.69, 9.17) is 0 Å². The average Bonchev–Trinajstić information content (AvgIpc) is 2.97. The second-order valence-corrected chi connectivity index (χ2v) is 12.2. The van der Waals surface area contributed by atoms with Crippen molar-refractivity contribution in [1.29, 1.82) is 0 Å². The lowest BCUT2D eigenvalue weighted by molar-refractivity contribution is -0.00898. The van der Waals surface area contributed by atoms with Crippen LogP contribution in [0.1, 0.15) is 121 Å². The van der Waals surface area contributed by atoms with E-state index < -0.39 is 0 Å². The first-order valence-electron chi connectivity index (χ1n) is 13.0. The zero-order valence-corrected chi connectivity index (χ0v) is 23.9. The van der Waals surface area contributed by atoms with Gasteiger partial charge in [-0.2, -0.15) is 11.8 Å². The topological polar surface area (TPSA) is 0 Å². The Bertz CT molecular complexity index is 497. The Morgan fingerprint density at radius 1 is 0.967 bits per heavy atom. The molecule has 7 atom stereocenters. The van der Waals surface area contributed by atoms with E-state index in [1.54, 1.807) is 11.8 Å². The molecule has 0 spiro atoms. The van der Waals surface area contributed by atoms with Crippen molar-refractivity contribution in [3.05, 3.63) is 12.2 Å². The van der Waals surface area contributed by atoms with E-state index in [1.807, 2.05) is 26.4 Å². The molecule has 0 nitrogen and oxygen atoms in total. The Labute approximate surface area is 196 Å². The molecule has 0 aliphatic heterocycles.